The summed E-state index contributed by atoms with van der Waals surface area (Å²) in [6, 6.07) is 0. The number of nitrogens with zero attached hydrogens (tertiary/aromatic N) is 2. The number of halogens is 1. The smallest absolute Gasteiger partial charge is 0.191 e. The second-order valence-corrected chi connectivity index (χ2v) is 9.77. The number of hydrogen-bond acceptors (Lipinski definition) is 5. The molecule has 1 heterocycles. The first-order valence-electron chi connectivity index (χ1n) is 7.15. The normalized spacial score (nSPS) is 12.7. The van der Waals surface area contributed by atoms with Crippen molar-refractivity contribution in [1.29, 1.82) is 0 Å². The van der Waals surface area contributed by atoms with Crippen molar-refractivity contribution in [1.82, 2.24) is 15.6 Å². The number of guanidine groups is 1. The third-order valence-corrected chi connectivity index (χ3v) is 5.04. The van der Waals surface area contributed by atoms with E-state index < -0.39 is 9.84 Å². The van der Waals surface area contributed by atoms with Crippen LogP contribution in [0, 0.1) is 12.3 Å². The molecule has 1 rings (SSSR count). The van der Waals surface area contributed by atoms with Gasteiger partial charge in [0.1, 0.15) is 14.8 Å². The van der Waals surface area contributed by atoms with E-state index in [1.807, 2.05) is 27.0 Å². The minimum atomic E-state index is -2.93. The first kappa shape index (κ1) is 22.6. The van der Waals surface area contributed by atoms with Gasteiger partial charge in [0.2, 0.25) is 0 Å². The minimum Gasteiger partial charge on any atom is -0.356 e. The Hall–Kier alpha value is -0.420. The minimum absolute atomic E-state index is 0. The first-order valence-corrected chi connectivity index (χ1v) is 10.0. The maximum absolute atomic E-state index is 11.3. The van der Waals surface area contributed by atoms with Crippen LogP contribution in [0.2, 0.25) is 0 Å². The standard InChI is InChI=1S/C14H26N4O2S2.HI/c1-11-8-16-12(21-11)9-17-13(15-4)18-10-14(2,3)6-7-22(5,19)20;/h8H,6-7,9-10H2,1-5H3,(H2,15,17,18);1H. The maximum Gasteiger partial charge on any atom is 0.191 e. The number of rotatable bonds is 7. The van der Waals surface area contributed by atoms with Crippen molar-refractivity contribution in [2.24, 2.45) is 10.4 Å². The molecule has 1 aromatic heterocycles. The molecule has 0 amide bonds. The Morgan fingerprint density at radius 2 is 2.04 bits per heavy atom. The number of hydrogen-bond donors (Lipinski definition) is 2. The highest BCUT2D eigenvalue weighted by molar-refractivity contribution is 14.0. The molecule has 0 bridgehead atoms. The van der Waals surface area contributed by atoms with E-state index in [9.17, 15) is 8.42 Å². The molecule has 0 radical (unpaired) electrons. The van der Waals surface area contributed by atoms with E-state index >= 15 is 0 Å². The van der Waals surface area contributed by atoms with Crippen LogP contribution in [0.25, 0.3) is 0 Å². The van der Waals surface area contributed by atoms with Crippen molar-refractivity contribution >= 4 is 51.1 Å². The molecule has 9 heteroatoms. The van der Waals surface area contributed by atoms with Gasteiger partial charge < -0.3 is 10.6 Å². The molecule has 134 valence electrons. The van der Waals surface area contributed by atoms with Crippen molar-refractivity contribution in [3.8, 4) is 0 Å². The van der Waals surface area contributed by atoms with Crippen LogP contribution in [0.4, 0.5) is 0 Å². The summed E-state index contributed by atoms with van der Waals surface area (Å²) in [5.74, 6) is 0.895. The Morgan fingerprint density at radius 1 is 1.39 bits per heavy atom. The Balaban J connectivity index is 0.00000484. The lowest BCUT2D eigenvalue weighted by Crippen LogP contribution is -2.42. The first-order chi connectivity index (χ1) is 10.1. The molecule has 0 spiro atoms. The number of aromatic nitrogens is 1. The molecule has 1 aromatic rings. The average molecular weight is 474 g/mol. The second-order valence-electron chi connectivity index (χ2n) is 6.19. The summed E-state index contributed by atoms with van der Waals surface area (Å²) < 4.78 is 22.5. The van der Waals surface area contributed by atoms with Gasteiger partial charge in [0.15, 0.2) is 5.96 Å². The molecule has 0 aliphatic carbocycles. The van der Waals surface area contributed by atoms with E-state index in [4.69, 9.17) is 0 Å². The zero-order chi connectivity index (χ0) is 16.8. The molecule has 0 saturated carbocycles. The lowest BCUT2D eigenvalue weighted by atomic mass is 9.90. The third-order valence-electron chi connectivity index (χ3n) is 3.18. The van der Waals surface area contributed by atoms with Gasteiger partial charge in [-0.15, -0.1) is 35.3 Å². The molecule has 0 unspecified atom stereocenters. The number of sulfone groups is 1. The number of aryl methyl sites for hydroxylation is 1. The van der Waals surface area contributed by atoms with Crippen LogP contribution < -0.4 is 10.6 Å². The predicted octanol–water partition coefficient (Wildman–Crippen LogP) is 2.20. The summed E-state index contributed by atoms with van der Waals surface area (Å²) in [7, 11) is -1.21. The largest absolute Gasteiger partial charge is 0.356 e. The molecule has 23 heavy (non-hydrogen) atoms. The number of nitrogens with one attached hydrogen (secondary N) is 2. The van der Waals surface area contributed by atoms with Crippen LogP contribution in [0.3, 0.4) is 0 Å². The lowest BCUT2D eigenvalue weighted by Gasteiger charge is -2.25. The molecule has 0 atom stereocenters. The highest BCUT2D eigenvalue weighted by Gasteiger charge is 2.20. The van der Waals surface area contributed by atoms with Gasteiger partial charge in [-0.05, 0) is 18.8 Å². The molecule has 2 N–H and O–H groups in total. The molecule has 0 aromatic carbocycles. The fraction of sp³-hybridized carbons (Fsp3) is 0.714. The zero-order valence-corrected chi connectivity index (χ0v) is 18.3. The quantitative estimate of drug-likeness (QED) is 0.360. The van der Waals surface area contributed by atoms with E-state index in [1.54, 1.807) is 18.4 Å². The van der Waals surface area contributed by atoms with E-state index in [1.165, 1.54) is 11.1 Å². The molecule has 0 fully saturated rings. The Bertz CT molecular complexity index is 612. The Morgan fingerprint density at radius 3 is 2.52 bits per heavy atom. The molecule has 6 nitrogen and oxygen atoms in total. The van der Waals surface area contributed by atoms with Gasteiger partial charge >= 0.3 is 0 Å². The molecule has 0 aliphatic rings. The van der Waals surface area contributed by atoms with Crippen molar-refractivity contribution in [2.75, 3.05) is 25.6 Å². The highest BCUT2D eigenvalue weighted by atomic mass is 127. The summed E-state index contributed by atoms with van der Waals surface area (Å²) in [5, 5.41) is 7.47. The summed E-state index contributed by atoms with van der Waals surface area (Å²) in [4.78, 5) is 9.65. The lowest BCUT2D eigenvalue weighted by molar-refractivity contribution is 0.348. The Labute approximate surface area is 160 Å². The fourth-order valence-corrected chi connectivity index (χ4v) is 3.39. The van der Waals surface area contributed by atoms with Crippen LogP contribution in [0.15, 0.2) is 11.2 Å². The van der Waals surface area contributed by atoms with Crippen LogP contribution in [0.1, 0.15) is 30.2 Å². The van der Waals surface area contributed by atoms with E-state index in [0.29, 0.717) is 25.5 Å². The van der Waals surface area contributed by atoms with Gasteiger partial charge in [-0.2, -0.15) is 0 Å². The van der Waals surface area contributed by atoms with Crippen molar-refractivity contribution in [2.45, 2.75) is 33.7 Å². The third kappa shape index (κ3) is 10.1. The summed E-state index contributed by atoms with van der Waals surface area (Å²) in [6.07, 6.45) is 3.74. The predicted molar refractivity (Wildman–Crippen MR) is 109 cm³/mol. The van der Waals surface area contributed by atoms with Gasteiger partial charge in [0, 0.05) is 30.9 Å². The van der Waals surface area contributed by atoms with Crippen LogP contribution >= 0.6 is 35.3 Å². The highest BCUT2D eigenvalue weighted by Crippen LogP contribution is 2.19. The summed E-state index contributed by atoms with van der Waals surface area (Å²) >= 11 is 1.65. The van der Waals surface area contributed by atoms with Crippen molar-refractivity contribution in [3.63, 3.8) is 0 Å². The van der Waals surface area contributed by atoms with E-state index in [2.05, 4.69) is 20.6 Å². The zero-order valence-electron chi connectivity index (χ0n) is 14.3. The van der Waals surface area contributed by atoms with Gasteiger partial charge in [-0.1, -0.05) is 13.8 Å². The summed E-state index contributed by atoms with van der Waals surface area (Å²) in [5.41, 5.74) is -0.127. The SMILES string of the molecule is CN=C(NCc1ncc(C)s1)NCC(C)(C)CCS(C)(=O)=O.I. The Kier molecular flexibility index (Phi) is 9.60. The van der Waals surface area contributed by atoms with Crippen LogP contribution in [-0.2, 0) is 16.4 Å². The fourth-order valence-electron chi connectivity index (χ4n) is 1.74. The maximum atomic E-state index is 11.3. The van der Waals surface area contributed by atoms with Gasteiger partial charge in [-0.3, -0.25) is 4.99 Å². The van der Waals surface area contributed by atoms with Crippen LogP contribution in [0.5, 0.6) is 0 Å². The van der Waals surface area contributed by atoms with Crippen molar-refractivity contribution < 1.29 is 8.42 Å². The number of thiazole rings is 1. The van der Waals surface area contributed by atoms with Gasteiger partial charge in [0.25, 0.3) is 0 Å². The topological polar surface area (TPSA) is 83.4 Å². The van der Waals surface area contributed by atoms with E-state index in [-0.39, 0.29) is 35.1 Å². The number of aliphatic imine (C=N–C) groups is 1. The molecular weight excluding hydrogens is 447 g/mol. The van der Waals surface area contributed by atoms with Gasteiger partial charge in [0.05, 0.1) is 12.3 Å². The molecular formula is C14H27IN4O2S2. The van der Waals surface area contributed by atoms with Gasteiger partial charge in [-0.25, -0.2) is 13.4 Å². The average Bonchev–Trinajstić information content (AvgIpc) is 2.82. The second kappa shape index (κ2) is 9.77. The van der Waals surface area contributed by atoms with Crippen LogP contribution in [-0.4, -0.2) is 45.0 Å². The van der Waals surface area contributed by atoms with Crippen molar-refractivity contribution in [3.05, 3.63) is 16.1 Å². The monoisotopic (exact) mass is 474 g/mol. The molecule has 0 saturated heterocycles. The summed E-state index contributed by atoms with van der Waals surface area (Å²) in [6.45, 7) is 7.39. The van der Waals surface area contributed by atoms with E-state index in [0.717, 1.165) is 5.01 Å². The molecule has 0 aliphatic heterocycles.